The number of hydrogen-bond acceptors (Lipinski definition) is 4. The highest BCUT2D eigenvalue weighted by molar-refractivity contribution is 7.99. The van der Waals surface area contributed by atoms with E-state index in [0.29, 0.717) is 0 Å². The summed E-state index contributed by atoms with van der Waals surface area (Å²) in [4.78, 5) is 5.04. The van der Waals surface area contributed by atoms with E-state index in [1.165, 1.54) is 23.7 Å². The van der Waals surface area contributed by atoms with Gasteiger partial charge in [-0.15, -0.1) is 0 Å². The molecular weight excluding hydrogens is 280 g/mol. The molecule has 0 bridgehead atoms. The van der Waals surface area contributed by atoms with Crippen molar-refractivity contribution in [2.45, 2.75) is 42.9 Å². The van der Waals surface area contributed by atoms with Gasteiger partial charge in [-0.1, -0.05) is 17.7 Å². The number of hydrogen-bond donors (Lipinski definition) is 2. The van der Waals surface area contributed by atoms with Crippen molar-refractivity contribution in [3.8, 4) is 0 Å². The Morgan fingerprint density at radius 1 is 1.37 bits per heavy atom. The predicted octanol–water partition coefficient (Wildman–Crippen LogP) is 3.50. The maximum atomic E-state index is 6.29. The number of aromatic nitrogens is 3. The highest BCUT2D eigenvalue weighted by Crippen LogP contribution is 2.31. The minimum absolute atomic E-state index is 0.0970. The van der Waals surface area contributed by atoms with Gasteiger partial charge in [0.25, 0.3) is 0 Å². The maximum Gasteiger partial charge on any atom is 0.188 e. The van der Waals surface area contributed by atoms with Crippen LogP contribution in [0.2, 0.25) is 5.02 Å². The third-order valence-electron chi connectivity index (χ3n) is 2.42. The van der Waals surface area contributed by atoms with Gasteiger partial charge >= 0.3 is 0 Å². The normalized spacial score (nSPS) is 11.8. The Hall–Kier alpha value is -1.04. The molecule has 19 heavy (non-hydrogen) atoms. The van der Waals surface area contributed by atoms with Gasteiger partial charge in [-0.3, -0.25) is 5.10 Å². The fourth-order valence-electron chi connectivity index (χ4n) is 1.45. The van der Waals surface area contributed by atoms with Crippen LogP contribution < -0.4 is 5.32 Å². The molecule has 1 heterocycles. The zero-order chi connectivity index (χ0) is 13.9. The molecule has 0 aliphatic rings. The number of nitrogens with zero attached hydrogens (tertiary/aromatic N) is 2. The molecule has 0 saturated carbocycles. The van der Waals surface area contributed by atoms with Crippen LogP contribution in [0.15, 0.2) is 34.6 Å². The van der Waals surface area contributed by atoms with Crippen LogP contribution in [0.5, 0.6) is 0 Å². The Kier molecular flexibility index (Phi) is 4.50. The van der Waals surface area contributed by atoms with E-state index in [0.717, 1.165) is 21.6 Å². The number of aromatic amines is 1. The lowest BCUT2D eigenvalue weighted by Crippen LogP contribution is -2.35. The van der Waals surface area contributed by atoms with Gasteiger partial charge in [-0.25, -0.2) is 4.98 Å². The van der Waals surface area contributed by atoms with E-state index in [9.17, 15) is 0 Å². The molecule has 1 aromatic carbocycles. The maximum absolute atomic E-state index is 6.29. The first-order valence-corrected chi connectivity index (χ1v) is 7.20. The summed E-state index contributed by atoms with van der Waals surface area (Å²) in [6, 6.07) is 6.07. The van der Waals surface area contributed by atoms with Crippen molar-refractivity contribution in [1.29, 1.82) is 0 Å². The number of halogens is 1. The van der Waals surface area contributed by atoms with Gasteiger partial charge in [0.2, 0.25) is 0 Å². The molecular formula is C13H17ClN4S. The molecule has 0 unspecified atom stereocenters. The van der Waals surface area contributed by atoms with Gasteiger partial charge in [0.05, 0.1) is 5.02 Å². The van der Waals surface area contributed by atoms with Crippen molar-refractivity contribution in [2.24, 2.45) is 0 Å². The second kappa shape index (κ2) is 5.94. The molecule has 0 aliphatic carbocycles. The molecule has 0 radical (unpaired) electrons. The van der Waals surface area contributed by atoms with E-state index >= 15 is 0 Å². The summed E-state index contributed by atoms with van der Waals surface area (Å²) < 4.78 is 0. The Bertz CT molecular complexity index is 534. The van der Waals surface area contributed by atoms with Crippen molar-refractivity contribution >= 4 is 23.4 Å². The molecule has 1 aromatic heterocycles. The van der Waals surface area contributed by atoms with Crippen LogP contribution in [0.1, 0.15) is 26.3 Å². The topological polar surface area (TPSA) is 53.6 Å². The first kappa shape index (κ1) is 14.4. The molecule has 0 fully saturated rings. The summed E-state index contributed by atoms with van der Waals surface area (Å²) in [5, 5.41) is 11.5. The van der Waals surface area contributed by atoms with Gasteiger partial charge < -0.3 is 5.32 Å². The van der Waals surface area contributed by atoms with E-state index in [2.05, 4.69) is 47.3 Å². The summed E-state index contributed by atoms with van der Waals surface area (Å²) in [6.45, 7) is 7.23. The smallest absolute Gasteiger partial charge is 0.188 e. The second-order valence-corrected chi connectivity index (χ2v) is 6.70. The lowest BCUT2D eigenvalue weighted by atomic mass is 10.1. The number of benzene rings is 1. The van der Waals surface area contributed by atoms with Gasteiger partial charge in [0.1, 0.15) is 6.33 Å². The summed E-state index contributed by atoms with van der Waals surface area (Å²) >= 11 is 7.76. The molecule has 0 amide bonds. The first-order valence-electron chi connectivity index (χ1n) is 6.01. The molecule has 0 atom stereocenters. The fraction of sp³-hybridized carbons (Fsp3) is 0.385. The lowest BCUT2D eigenvalue weighted by Gasteiger charge is -2.20. The fourth-order valence-corrected chi connectivity index (χ4v) is 2.47. The molecule has 2 rings (SSSR count). The average Bonchev–Trinajstić information content (AvgIpc) is 2.81. The van der Waals surface area contributed by atoms with Crippen molar-refractivity contribution < 1.29 is 0 Å². The molecule has 0 spiro atoms. The zero-order valence-corrected chi connectivity index (χ0v) is 12.8. The Morgan fingerprint density at radius 3 is 2.74 bits per heavy atom. The van der Waals surface area contributed by atoms with E-state index < -0.39 is 0 Å². The van der Waals surface area contributed by atoms with E-state index in [1.807, 2.05) is 12.1 Å². The SMILES string of the molecule is CC(C)(C)NCc1ccc(Sc2ncn[nH]2)c(Cl)c1. The molecule has 0 saturated heterocycles. The van der Waals surface area contributed by atoms with Crippen molar-refractivity contribution in [3.63, 3.8) is 0 Å². The van der Waals surface area contributed by atoms with Crippen LogP contribution in [-0.2, 0) is 6.54 Å². The van der Waals surface area contributed by atoms with Crippen LogP contribution in [0.3, 0.4) is 0 Å². The lowest BCUT2D eigenvalue weighted by molar-refractivity contribution is 0.424. The quantitative estimate of drug-likeness (QED) is 0.907. The minimum atomic E-state index is 0.0970. The van der Waals surface area contributed by atoms with Gasteiger partial charge in [-0.05, 0) is 50.2 Å². The summed E-state index contributed by atoms with van der Waals surface area (Å²) in [5.41, 5.74) is 1.27. The number of H-pyrrole nitrogens is 1. The molecule has 102 valence electrons. The van der Waals surface area contributed by atoms with Crippen LogP contribution >= 0.6 is 23.4 Å². The molecule has 6 heteroatoms. The van der Waals surface area contributed by atoms with Crippen LogP contribution in [0, 0.1) is 0 Å². The largest absolute Gasteiger partial charge is 0.308 e. The average molecular weight is 297 g/mol. The Labute approximate surface area is 122 Å². The van der Waals surface area contributed by atoms with E-state index in [4.69, 9.17) is 11.6 Å². The Morgan fingerprint density at radius 2 is 2.16 bits per heavy atom. The summed E-state index contributed by atoms with van der Waals surface area (Å²) in [6.07, 6.45) is 1.48. The van der Waals surface area contributed by atoms with Crippen molar-refractivity contribution in [2.75, 3.05) is 0 Å². The number of nitrogens with one attached hydrogen (secondary N) is 2. The van der Waals surface area contributed by atoms with Gasteiger partial charge in [0, 0.05) is 17.0 Å². The van der Waals surface area contributed by atoms with Crippen molar-refractivity contribution in [1.82, 2.24) is 20.5 Å². The standard InChI is InChI=1S/C13H17ClN4S/c1-13(2,3)16-7-9-4-5-11(10(14)6-9)19-12-15-8-17-18-12/h4-6,8,16H,7H2,1-3H3,(H,15,17,18). The minimum Gasteiger partial charge on any atom is -0.308 e. The van der Waals surface area contributed by atoms with E-state index in [-0.39, 0.29) is 5.54 Å². The van der Waals surface area contributed by atoms with Crippen LogP contribution in [0.4, 0.5) is 0 Å². The monoisotopic (exact) mass is 296 g/mol. The molecule has 2 N–H and O–H groups in total. The van der Waals surface area contributed by atoms with Gasteiger partial charge in [0.15, 0.2) is 5.16 Å². The third kappa shape index (κ3) is 4.53. The zero-order valence-electron chi connectivity index (χ0n) is 11.2. The van der Waals surface area contributed by atoms with Crippen molar-refractivity contribution in [3.05, 3.63) is 35.1 Å². The molecule has 2 aromatic rings. The van der Waals surface area contributed by atoms with Crippen LogP contribution in [-0.4, -0.2) is 20.7 Å². The van der Waals surface area contributed by atoms with Gasteiger partial charge in [-0.2, -0.15) is 5.10 Å². The first-order chi connectivity index (χ1) is 8.94. The molecule has 4 nitrogen and oxygen atoms in total. The van der Waals surface area contributed by atoms with Crippen LogP contribution in [0.25, 0.3) is 0 Å². The molecule has 0 aliphatic heterocycles. The summed E-state index contributed by atoms with van der Waals surface area (Å²) in [5.74, 6) is 0. The highest BCUT2D eigenvalue weighted by Gasteiger charge is 2.10. The van der Waals surface area contributed by atoms with E-state index in [1.54, 1.807) is 0 Å². The highest BCUT2D eigenvalue weighted by atomic mass is 35.5. The Balaban J connectivity index is 2.05. The summed E-state index contributed by atoms with van der Waals surface area (Å²) in [7, 11) is 0. The second-order valence-electron chi connectivity index (χ2n) is 5.26. The number of rotatable bonds is 4. The third-order valence-corrected chi connectivity index (χ3v) is 3.81. The predicted molar refractivity (Wildman–Crippen MR) is 78.6 cm³/mol.